The summed E-state index contributed by atoms with van der Waals surface area (Å²) in [7, 11) is 0. The van der Waals surface area contributed by atoms with Gasteiger partial charge in [0.15, 0.2) is 5.69 Å². The lowest BCUT2D eigenvalue weighted by atomic mass is 10.3. The number of carbonyl (C=O) groups is 1. The molecule has 0 aliphatic heterocycles. The third kappa shape index (κ3) is 3.52. The number of nitrogens with zero attached hydrogens (tertiary/aromatic N) is 2. The number of aromatic nitrogens is 2. The van der Waals surface area contributed by atoms with Crippen LogP contribution in [0, 0.1) is 5.82 Å². The highest BCUT2D eigenvalue weighted by molar-refractivity contribution is 6.33. The van der Waals surface area contributed by atoms with E-state index in [4.69, 9.17) is 23.2 Å². The SMILES string of the molecule is O=C(Nc1ccc(F)cc1Cl)c1ccn(-c2cccc(Cl)c2)n1. The van der Waals surface area contributed by atoms with Gasteiger partial charge in [-0.2, -0.15) is 5.10 Å². The summed E-state index contributed by atoms with van der Waals surface area (Å²) < 4.78 is 14.5. The molecule has 3 aromatic rings. The molecule has 23 heavy (non-hydrogen) atoms. The molecule has 2 aromatic carbocycles. The molecule has 0 spiro atoms. The molecular formula is C16H10Cl2FN3O. The van der Waals surface area contributed by atoms with Gasteiger partial charge < -0.3 is 5.32 Å². The minimum Gasteiger partial charge on any atom is -0.319 e. The van der Waals surface area contributed by atoms with Crippen LogP contribution in [0.5, 0.6) is 0 Å². The molecular weight excluding hydrogens is 340 g/mol. The lowest BCUT2D eigenvalue weighted by Crippen LogP contribution is -2.13. The molecule has 1 N–H and O–H groups in total. The minimum atomic E-state index is -0.474. The zero-order valence-electron chi connectivity index (χ0n) is 11.6. The number of hydrogen-bond donors (Lipinski definition) is 1. The van der Waals surface area contributed by atoms with Crippen molar-refractivity contribution in [2.45, 2.75) is 0 Å². The number of hydrogen-bond acceptors (Lipinski definition) is 2. The van der Waals surface area contributed by atoms with Gasteiger partial charge in [-0.15, -0.1) is 0 Å². The van der Waals surface area contributed by atoms with E-state index in [9.17, 15) is 9.18 Å². The third-order valence-electron chi connectivity index (χ3n) is 3.07. The van der Waals surface area contributed by atoms with Gasteiger partial charge >= 0.3 is 0 Å². The van der Waals surface area contributed by atoms with E-state index in [1.807, 2.05) is 6.07 Å². The monoisotopic (exact) mass is 349 g/mol. The van der Waals surface area contributed by atoms with Crippen LogP contribution >= 0.6 is 23.2 Å². The Morgan fingerprint density at radius 1 is 1.13 bits per heavy atom. The Bertz CT molecular complexity index is 879. The summed E-state index contributed by atoms with van der Waals surface area (Å²) in [5, 5.41) is 7.47. The van der Waals surface area contributed by atoms with Crippen LogP contribution in [-0.4, -0.2) is 15.7 Å². The predicted molar refractivity (Wildman–Crippen MR) is 87.9 cm³/mol. The molecule has 7 heteroatoms. The number of nitrogens with one attached hydrogen (secondary N) is 1. The van der Waals surface area contributed by atoms with Crippen LogP contribution in [0.2, 0.25) is 10.0 Å². The fraction of sp³-hybridized carbons (Fsp3) is 0. The Morgan fingerprint density at radius 3 is 2.70 bits per heavy atom. The minimum absolute atomic E-state index is 0.118. The zero-order valence-corrected chi connectivity index (χ0v) is 13.1. The summed E-state index contributed by atoms with van der Waals surface area (Å²) in [5.41, 5.74) is 1.25. The molecule has 0 unspecified atom stereocenters. The molecule has 0 fully saturated rings. The maximum absolute atomic E-state index is 13.0. The maximum Gasteiger partial charge on any atom is 0.276 e. The number of benzene rings is 2. The molecule has 1 aromatic heterocycles. The number of amides is 1. The van der Waals surface area contributed by atoms with Gasteiger partial charge in [0.25, 0.3) is 5.91 Å². The van der Waals surface area contributed by atoms with Gasteiger partial charge in [0.1, 0.15) is 5.82 Å². The van der Waals surface area contributed by atoms with E-state index in [1.165, 1.54) is 16.8 Å². The second-order valence-corrected chi connectivity index (χ2v) is 5.55. The van der Waals surface area contributed by atoms with E-state index < -0.39 is 11.7 Å². The van der Waals surface area contributed by atoms with Crippen molar-refractivity contribution in [2.24, 2.45) is 0 Å². The highest BCUT2D eigenvalue weighted by Gasteiger charge is 2.12. The quantitative estimate of drug-likeness (QED) is 0.752. The first-order valence-electron chi connectivity index (χ1n) is 6.61. The van der Waals surface area contributed by atoms with Gasteiger partial charge in [-0.3, -0.25) is 4.79 Å². The van der Waals surface area contributed by atoms with E-state index >= 15 is 0 Å². The van der Waals surface area contributed by atoms with Crippen molar-refractivity contribution in [3.8, 4) is 5.69 Å². The average Bonchev–Trinajstić information content (AvgIpc) is 3.00. The van der Waals surface area contributed by atoms with Crippen LogP contribution in [0.4, 0.5) is 10.1 Å². The molecule has 4 nitrogen and oxygen atoms in total. The fourth-order valence-corrected chi connectivity index (χ4v) is 2.38. The summed E-state index contributed by atoms with van der Waals surface area (Å²) in [4.78, 5) is 12.2. The largest absolute Gasteiger partial charge is 0.319 e. The Kier molecular flexibility index (Phi) is 4.32. The van der Waals surface area contributed by atoms with Crippen molar-refractivity contribution in [3.05, 3.63) is 76.3 Å². The topological polar surface area (TPSA) is 46.9 Å². The van der Waals surface area contributed by atoms with Gasteiger partial charge in [0, 0.05) is 11.2 Å². The third-order valence-corrected chi connectivity index (χ3v) is 3.62. The zero-order chi connectivity index (χ0) is 16.4. The van der Waals surface area contributed by atoms with Gasteiger partial charge in [0.05, 0.1) is 16.4 Å². The Balaban J connectivity index is 1.81. The fourth-order valence-electron chi connectivity index (χ4n) is 1.98. The van der Waals surface area contributed by atoms with Crippen molar-refractivity contribution in [3.63, 3.8) is 0 Å². The second kappa shape index (κ2) is 6.40. The summed E-state index contributed by atoms with van der Waals surface area (Å²) in [6, 6.07) is 12.4. The Morgan fingerprint density at radius 2 is 1.96 bits per heavy atom. The smallest absolute Gasteiger partial charge is 0.276 e. The molecule has 0 bridgehead atoms. The van der Waals surface area contributed by atoms with Crippen LogP contribution in [0.3, 0.4) is 0 Å². The van der Waals surface area contributed by atoms with Gasteiger partial charge in [0.2, 0.25) is 0 Å². The summed E-state index contributed by atoms with van der Waals surface area (Å²) in [6.45, 7) is 0. The normalized spacial score (nSPS) is 10.6. The summed E-state index contributed by atoms with van der Waals surface area (Å²) in [5.74, 6) is -0.919. The maximum atomic E-state index is 13.0. The molecule has 0 atom stereocenters. The Hall–Kier alpha value is -2.37. The molecule has 0 aliphatic rings. The number of anilines is 1. The van der Waals surface area contributed by atoms with Gasteiger partial charge in [-0.25, -0.2) is 9.07 Å². The van der Waals surface area contributed by atoms with Crippen LogP contribution in [-0.2, 0) is 0 Å². The molecule has 0 radical (unpaired) electrons. The number of carbonyl (C=O) groups excluding carboxylic acids is 1. The van der Waals surface area contributed by atoms with Crippen LogP contribution < -0.4 is 5.32 Å². The standard InChI is InChI=1S/C16H10Cl2FN3O/c17-10-2-1-3-12(8-10)22-7-6-15(21-22)16(23)20-14-5-4-11(19)9-13(14)18/h1-9H,(H,20,23). The van der Waals surface area contributed by atoms with E-state index in [-0.39, 0.29) is 10.7 Å². The van der Waals surface area contributed by atoms with Crippen molar-refractivity contribution in [1.82, 2.24) is 9.78 Å². The molecule has 1 heterocycles. The molecule has 0 saturated carbocycles. The van der Waals surface area contributed by atoms with Crippen molar-refractivity contribution in [2.75, 3.05) is 5.32 Å². The Labute approximate surface area is 141 Å². The van der Waals surface area contributed by atoms with Gasteiger partial charge in [-0.05, 0) is 42.5 Å². The number of rotatable bonds is 3. The van der Waals surface area contributed by atoms with Crippen LogP contribution in [0.1, 0.15) is 10.5 Å². The molecule has 0 aliphatic carbocycles. The van der Waals surface area contributed by atoms with E-state index in [1.54, 1.807) is 30.5 Å². The van der Waals surface area contributed by atoms with Crippen molar-refractivity contribution >= 4 is 34.8 Å². The lowest BCUT2D eigenvalue weighted by molar-refractivity contribution is 0.102. The highest BCUT2D eigenvalue weighted by atomic mass is 35.5. The van der Waals surface area contributed by atoms with Crippen molar-refractivity contribution < 1.29 is 9.18 Å². The van der Waals surface area contributed by atoms with Crippen LogP contribution in [0.25, 0.3) is 5.69 Å². The molecule has 116 valence electrons. The first kappa shape index (κ1) is 15.5. The predicted octanol–water partition coefficient (Wildman–Crippen LogP) is 4.57. The first-order chi connectivity index (χ1) is 11.0. The summed E-state index contributed by atoms with van der Waals surface area (Å²) >= 11 is 11.8. The molecule has 0 saturated heterocycles. The summed E-state index contributed by atoms with van der Waals surface area (Å²) in [6.07, 6.45) is 1.65. The molecule has 1 amide bonds. The average molecular weight is 350 g/mol. The van der Waals surface area contributed by atoms with Gasteiger partial charge in [-0.1, -0.05) is 29.3 Å². The number of halogens is 3. The van der Waals surface area contributed by atoms with E-state index in [2.05, 4.69) is 10.4 Å². The highest BCUT2D eigenvalue weighted by Crippen LogP contribution is 2.23. The van der Waals surface area contributed by atoms with E-state index in [0.29, 0.717) is 10.7 Å². The van der Waals surface area contributed by atoms with Crippen molar-refractivity contribution in [1.29, 1.82) is 0 Å². The molecule has 3 rings (SSSR count). The van der Waals surface area contributed by atoms with Crippen LogP contribution in [0.15, 0.2) is 54.7 Å². The second-order valence-electron chi connectivity index (χ2n) is 4.70. The lowest BCUT2D eigenvalue weighted by Gasteiger charge is -2.05. The van der Waals surface area contributed by atoms with E-state index in [0.717, 1.165) is 11.8 Å². The first-order valence-corrected chi connectivity index (χ1v) is 7.36.